The van der Waals surface area contributed by atoms with Gasteiger partial charge >= 0.3 is 0 Å². The number of hydrogen-bond donors (Lipinski definition) is 1. The Morgan fingerprint density at radius 3 is 2.67 bits per heavy atom. The zero-order valence-electron chi connectivity index (χ0n) is 12.9. The summed E-state index contributed by atoms with van der Waals surface area (Å²) < 4.78 is 2.35. The molecule has 1 N–H and O–H groups in total. The fraction of sp³-hybridized carbons (Fsp3) is 0.111. The molecule has 0 amide bonds. The first-order chi connectivity index (χ1) is 11.6. The van der Waals surface area contributed by atoms with Gasteiger partial charge in [0.05, 0.1) is 17.9 Å². The number of benzene rings is 2. The van der Waals surface area contributed by atoms with E-state index in [9.17, 15) is 5.11 Å². The Labute approximate surface area is 154 Å². The van der Waals surface area contributed by atoms with Gasteiger partial charge in [-0.05, 0) is 42.9 Å². The van der Waals surface area contributed by atoms with Crippen LogP contribution in [0.1, 0.15) is 23.4 Å². The number of rotatable bonds is 4. The maximum atomic E-state index is 10.6. The predicted octanol–water partition coefficient (Wildman–Crippen LogP) is 6.00. The highest BCUT2D eigenvalue weighted by Gasteiger charge is 2.16. The van der Waals surface area contributed by atoms with Crippen molar-refractivity contribution in [2.24, 2.45) is 4.99 Å². The van der Waals surface area contributed by atoms with Crippen molar-refractivity contribution in [3.05, 3.63) is 74.0 Å². The summed E-state index contributed by atoms with van der Waals surface area (Å²) in [7, 11) is 0. The van der Waals surface area contributed by atoms with Crippen molar-refractivity contribution >= 4 is 47.1 Å². The molecule has 1 aromatic heterocycles. The molecule has 3 rings (SSSR count). The first-order valence-corrected chi connectivity index (χ1v) is 8.95. The first kappa shape index (κ1) is 16.9. The highest BCUT2D eigenvalue weighted by molar-refractivity contribution is 7.73. The van der Waals surface area contributed by atoms with Crippen LogP contribution in [0.5, 0.6) is 5.88 Å². The van der Waals surface area contributed by atoms with Crippen molar-refractivity contribution < 1.29 is 5.11 Å². The summed E-state index contributed by atoms with van der Waals surface area (Å²) in [6.45, 7) is 2.01. The zero-order chi connectivity index (χ0) is 17.1. The van der Waals surface area contributed by atoms with Crippen LogP contribution in [0.25, 0.3) is 0 Å². The van der Waals surface area contributed by atoms with Gasteiger partial charge in [-0.25, -0.2) is 0 Å². The van der Waals surface area contributed by atoms with Crippen molar-refractivity contribution in [1.82, 2.24) is 4.57 Å². The minimum atomic E-state index is -0.0525. The maximum absolute atomic E-state index is 10.6. The van der Waals surface area contributed by atoms with E-state index in [0.717, 1.165) is 11.3 Å². The van der Waals surface area contributed by atoms with E-state index in [0.29, 0.717) is 13.9 Å². The van der Waals surface area contributed by atoms with Crippen molar-refractivity contribution in [3.8, 4) is 5.88 Å². The standard InChI is InChI=1S/C18H15ClN2OS2/c1-12(13-6-3-2-4-7-13)21-17(22)16(24-18(21)23)11-20-15-9-5-8-14(19)10-15/h2-12,22H,1H3/t12-/m1/s1. The van der Waals surface area contributed by atoms with Crippen molar-refractivity contribution in [3.63, 3.8) is 0 Å². The monoisotopic (exact) mass is 374 g/mol. The molecule has 0 spiro atoms. The Balaban J connectivity index is 1.94. The number of aromatic nitrogens is 1. The topological polar surface area (TPSA) is 37.5 Å². The van der Waals surface area contributed by atoms with Crippen molar-refractivity contribution in [2.75, 3.05) is 0 Å². The zero-order valence-corrected chi connectivity index (χ0v) is 15.3. The fourth-order valence-corrected chi connectivity index (χ4v) is 3.91. The molecular weight excluding hydrogens is 360 g/mol. The quantitative estimate of drug-likeness (QED) is 0.449. The largest absolute Gasteiger partial charge is 0.493 e. The lowest BCUT2D eigenvalue weighted by atomic mass is 10.1. The Bertz CT molecular complexity index is 932. The van der Waals surface area contributed by atoms with Crippen LogP contribution in [0.15, 0.2) is 59.6 Å². The van der Waals surface area contributed by atoms with Gasteiger partial charge in [0.25, 0.3) is 0 Å². The van der Waals surface area contributed by atoms with Gasteiger partial charge in [-0.15, -0.1) is 0 Å². The summed E-state index contributed by atoms with van der Waals surface area (Å²) >= 11 is 12.7. The molecule has 24 heavy (non-hydrogen) atoms. The molecule has 2 aromatic carbocycles. The molecule has 0 aliphatic rings. The van der Waals surface area contributed by atoms with E-state index in [2.05, 4.69) is 4.99 Å². The number of aliphatic imine (C=N–C) groups is 1. The lowest BCUT2D eigenvalue weighted by Crippen LogP contribution is -2.06. The Morgan fingerprint density at radius 1 is 1.21 bits per heavy atom. The number of nitrogens with zero attached hydrogens (tertiary/aromatic N) is 2. The van der Waals surface area contributed by atoms with Gasteiger partial charge in [0, 0.05) is 5.02 Å². The van der Waals surface area contributed by atoms with Gasteiger partial charge in [0.1, 0.15) is 4.88 Å². The molecule has 0 radical (unpaired) electrons. The predicted molar refractivity (Wildman–Crippen MR) is 104 cm³/mol. The molecule has 0 aliphatic carbocycles. The summed E-state index contributed by atoms with van der Waals surface area (Å²) in [6, 6.07) is 17.1. The third kappa shape index (κ3) is 3.59. The van der Waals surface area contributed by atoms with Crippen LogP contribution < -0.4 is 0 Å². The van der Waals surface area contributed by atoms with E-state index < -0.39 is 0 Å². The van der Waals surface area contributed by atoms with Gasteiger partial charge in [-0.3, -0.25) is 9.56 Å². The molecule has 0 unspecified atom stereocenters. The second-order valence-corrected chi connectivity index (χ2v) is 7.36. The molecule has 0 saturated carbocycles. The van der Waals surface area contributed by atoms with Crippen LogP contribution in [-0.4, -0.2) is 15.9 Å². The summed E-state index contributed by atoms with van der Waals surface area (Å²) in [5, 5.41) is 11.2. The van der Waals surface area contributed by atoms with Crippen molar-refractivity contribution in [2.45, 2.75) is 13.0 Å². The van der Waals surface area contributed by atoms with Crippen LogP contribution in [0, 0.1) is 3.95 Å². The minimum absolute atomic E-state index is 0.0525. The van der Waals surface area contributed by atoms with Gasteiger partial charge in [-0.1, -0.05) is 59.3 Å². The summed E-state index contributed by atoms with van der Waals surface area (Å²) in [5.41, 5.74) is 1.81. The first-order valence-electron chi connectivity index (χ1n) is 7.35. The average Bonchev–Trinajstić information content (AvgIpc) is 2.87. The highest BCUT2D eigenvalue weighted by atomic mass is 35.5. The molecule has 1 atom stereocenters. The molecule has 1 heterocycles. The van der Waals surface area contributed by atoms with Gasteiger partial charge in [-0.2, -0.15) is 0 Å². The highest BCUT2D eigenvalue weighted by Crippen LogP contribution is 2.31. The second-order valence-electron chi connectivity index (χ2n) is 5.25. The van der Waals surface area contributed by atoms with Gasteiger partial charge < -0.3 is 5.11 Å². The van der Waals surface area contributed by atoms with E-state index in [1.165, 1.54) is 11.3 Å². The Hall–Kier alpha value is -1.95. The Kier molecular flexibility index (Phi) is 5.14. The van der Waals surface area contributed by atoms with E-state index in [1.807, 2.05) is 49.4 Å². The molecule has 0 fully saturated rings. The molecule has 3 nitrogen and oxygen atoms in total. The number of thiazole rings is 1. The van der Waals surface area contributed by atoms with Crippen LogP contribution in [-0.2, 0) is 0 Å². The maximum Gasteiger partial charge on any atom is 0.212 e. The van der Waals surface area contributed by atoms with Crippen LogP contribution >= 0.6 is 35.2 Å². The third-order valence-corrected chi connectivity index (χ3v) is 5.21. The van der Waals surface area contributed by atoms with Gasteiger partial charge in [0.15, 0.2) is 3.95 Å². The van der Waals surface area contributed by atoms with E-state index in [1.54, 1.807) is 22.9 Å². The van der Waals surface area contributed by atoms with Crippen LogP contribution in [0.2, 0.25) is 5.02 Å². The van der Waals surface area contributed by atoms with Crippen LogP contribution in [0.4, 0.5) is 5.69 Å². The molecule has 6 heteroatoms. The molecule has 3 aromatic rings. The lowest BCUT2D eigenvalue weighted by Gasteiger charge is -2.14. The van der Waals surface area contributed by atoms with E-state index >= 15 is 0 Å². The summed E-state index contributed by atoms with van der Waals surface area (Å²) in [5.74, 6) is 0.132. The average molecular weight is 375 g/mol. The van der Waals surface area contributed by atoms with Crippen LogP contribution in [0.3, 0.4) is 0 Å². The molecule has 122 valence electrons. The summed E-state index contributed by atoms with van der Waals surface area (Å²) in [6.07, 6.45) is 1.62. The second kappa shape index (κ2) is 7.30. The minimum Gasteiger partial charge on any atom is -0.493 e. The number of hydrogen-bond acceptors (Lipinski definition) is 4. The lowest BCUT2D eigenvalue weighted by molar-refractivity contribution is 0.405. The number of halogens is 1. The molecule has 0 aliphatic heterocycles. The number of aromatic hydroxyl groups is 1. The normalized spacial score (nSPS) is 12.6. The molecular formula is C18H15ClN2OS2. The fourth-order valence-electron chi connectivity index (χ4n) is 2.39. The summed E-state index contributed by atoms with van der Waals surface area (Å²) in [4.78, 5) is 4.99. The molecule has 0 saturated heterocycles. The van der Waals surface area contributed by atoms with E-state index in [-0.39, 0.29) is 11.9 Å². The third-order valence-electron chi connectivity index (χ3n) is 3.65. The van der Waals surface area contributed by atoms with Crippen molar-refractivity contribution in [1.29, 1.82) is 0 Å². The van der Waals surface area contributed by atoms with Gasteiger partial charge in [0.2, 0.25) is 5.88 Å². The Morgan fingerprint density at radius 2 is 1.96 bits per heavy atom. The smallest absolute Gasteiger partial charge is 0.212 e. The SMILES string of the molecule is C[C@H](c1ccccc1)n1c(O)c(C=Nc2cccc(Cl)c2)sc1=S. The van der Waals surface area contributed by atoms with E-state index in [4.69, 9.17) is 23.8 Å². The molecule has 0 bridgehead atoms.